The van der Waals surface area contributed by atoms with E-state index in [-0.39, 0.29) is 69.0 Å². The van der Waals surface area contributed by atoms with Gasteiger partial charge >= 0.3 is 24.0 Å². The molecule has 26 nitrogen and oxygen atoms in total. The third-order valence-corrected chi connectivity index (χ3v) is 18.8. The Labute approximate surface area is 581 Å². The van der Waals surface area contributed by atoms with Crippen molar-refractivity contribution in [2.45, 2.75) is 153 Å². The number of hydrogen-bond acceptors (Lipinski definition) is 19. The summed E-state index contributed by atoms with van der Waals surface area (Å²) in [4.78, 5) is 124. The van der Waals surface area contributed by atoms with E-state index in [1.54, 1.807) is 20.8 Å². The molecule has 8 aliphatic rings. The number of alkyl halides is 6. The number of aromatic nitrogens is 2. The van der Waals surface area contributed by atoms with Crippen LogP contribution in [0.1, 0.15) is 121 Å². The predicted octanol–water partition coefficient (Wildman–Crippen LogP) is 6.31. The quantitative estimate of drug-likeness (QED) is 0.0581. The maximum absolute atomic E-state index is 14.2. The lowest BCUT2D eigenvalue weighted by molar-refractivity contribution is -0.0207. The molecular formula is C66H70F12N8O18. The van der Waals surface area contributed by atoms with Gasteiger partial charge in [0, 0.05) is 98.3 Å². The van der Waals surface area contributed by atoms with E-state index in [2.05, 4.69) is 14.8 Å². The largest absolute Gasteiger partial charge is 0.503 e. The summed E-state index contributed by atoms with van der Waals surface area (Å²) in [5.41, 5.74) is 4.00. The Balaban J connectivity index is 0.000000172. The highest BCUT2D eigenvalue weighted by Gasteiger charge is 2.64. The van der Waals surface area contributed by atoms with E-state index in [1.807, 2.05) is 0 Å². The normalized spacial score (nSPS) is 25.9. The molecule has 6 bridgehead atoms. The second kappa shape index (κ2) is 31.0. The number of fused-ring (bicyclic) bond motifs is 14. The van der Waals surface area contributed by atoms with Crippen molar-refractivity contribution in [2.24, 2.45) is 29.2 Å². The van der Waals surface area contributed by atoms with E-state index < -0.39 is 236 Å². The highest BCUT2D eigenvalue weighted by molar-refractivity contribution is 6.00. The number of carboxylic acids is 1. The van der Waals surface area contributed by atoms with Gasteiger partial charge in [0.05, 0.1) is 64.7 Å². The van der Waals surface area contributed by atoms with Crippen molar-refractivity contribution in [3.63, 3.8) is 0 Å². The molecule has 3 aromatic heterocycles. The van der Waals surface area contributed by atoms with Gasteiger partial charge in [-0.1, -0.05) is 7.43 Å². The number of carbonyl (C=O) groups excluding carboxylic acids is 6. The lowest BCUT2D eigenvalue weighted by Crippen LogP contribution is -2.58. The van der Waals surface area contributed by atoms with Crippen LogP contribution in [0.25, 0.3) is 0 Å². The van der Waals surface area contributed by atoms with Gasteiger partial charge in [-0.15, -0.1) is 0 Å². The third kappa shape index (κ3) is 14.5. The molecule has 3 saturated carbocycles. The Morgan fingerprint density at radius 2 is 1.03 bits per heavy atom. The number of carbonyl (C=O) groups is 7. The van der Waals surface area contributed by atoms with Gasteiger partial charge in [0.25, 0.3) is 23.5 Å². The molecule has 4 amide bonds. The van der Waals surface area contributed by atoms with Gasteiger partial charge < -0.3 is 74.0 Å². The van der Waals surface area contributed by atoms with Crippen LogP contribution in [0.3, 0.4) is 0 Å². The summed E-state index contributed by atoms with van der Waals surface area (Å²) in [6, 6.07) is -2.22. The fraction of sp³-hybridized carbons (Fsp3) is 0.485. The van der Waals surface area contributed by atoms with E-state index in [9.17, 15) is 106 Å². The molecule has 38 heteroatoms. The molecule has 13 rings (SSSR count). The molecule has 0 radical (unpaired) electrons. The first-order chi connectivity index (χ1) is 48.4. The van der Waals surface area contributed by atoms with Crippen LogP contribution in [0.4, 0.5) is 57.5 Å². The summed E-state index contributed by atoms with van der Waals surface area (Å²) in [5.74, 6) is -16.3. The number of nitrogens with zero attached hydrogens (tertiary/aromatic N) is 5. The number of halogens is 12. The van der Waals surface area contributed by atoms with Gasteiger partial charge in [0.15, 0.2) is 41.4 Å². The fourth-order valence-electron chi connectivity index (χ4n) is 14.2. The molecule has 6 unspecified atom stereocenters. The first kappa shape index (κ1) is 79.6. The van der Waals surface area contributed by atoms with E-state index in [0.29, 0.717) is 30.7 Å². The molecule has 7 N–H and O–H groups in total. The average Bonchev–Trinajstić information content (AvgIpc) is 1.55. The number of pyridine rings is 2. The molecule has 2 aromatic carbocycles. The highest BCUT2D eigenvalue weighted by Crippen LogP contribution is 2.51. The summed E-state index contributed by atoms with van der Waals surface area (Å²) in [6.45, 7) is 4.38. The maximum atomic E-state index is 14.2. The van der Waals surface area contributed by atoms with Gasteiger partial charge in [-0.3, -0.25) is 33.7 Å². The number of amides is 4. The summed E-state index contributed by atoms with van der Waals surface area (Å²) in [5, 5.41) is 21.6. The number of hydrogen-bond donors (Lipinski definition) is 5. The Morgan fingerprint density at radius 3 is 1.49 bits per heavy atom. The van der Waals surface area contributed by atoms with Gasteiger partial charge in [-0.2, -0.15) is 0 Å². The minimum Gasteiger partial charge on any atom is -0.503 e. The predicted molar refractivity (Wildman–Crippen MR) is 335 cm³/mol. The summed E-state index contributed by atoms with van der Waals surface area (Å²) in [6.07, 6.45) is -7.14. The van der Waals surface area contributed by atoms with Gasteiger partial charge in [-0.25, -0.2) is 71.9 Å². The van der Waals surface area contributed by atoms with Crippen LogP contribution in [0, 0.1) is 52.7 Å². The van der Waals surface area contributed by atoms with Crippen molar-refractivity contribution in [3.8, 4) is 17.2 Å². The van der Waals surface area contributed by atoms with Crippen molar-refractivity contribution in [2.75, 3.05) is 35.0 Å². The van der Waals surface area contributed by atoms with Crippen LogP contribution in [0.15, 0.2) is 61.7 Å². The topological polar surface area (TPSA) is 354 Å². The number of nitrogens with one attached hydrogen (secondary N) is 1. The zero-order chi connectivity index (χ0) is 76.2. The minimum absolute atomic E-state index is 0. The lowest BCUT2D eigenvalue weighted by atomic mass is 9.93. The van der Waals surface area contributed by atoms with Crippen molar-refractivity contribution >= 4 is 41.7 Å². The highest BCUT2D eigenvalue weighted by atomic mass is 19.2. The van der Waals surface area contributed by atoms with Crippen molar-refractivity contribution in [3.05, 3.63) is 153 Å². The van der Waals surface area contributed by atoms with Crippen molar-refractivity contribution in [1.82, 2.24) is 29.2 Å². The number of methoxy groups -OCH3 is 4. The van der Waals surface area contributed by atoms with Crippen LogP contribution in [-0.2, 0) is 40.4 Å². The summed E-state index contributed by atoms with van der Waals surface area (Å²) in [7, 11) is 4.56. The number of ether oxygens (including phenoxy) is 5. The van der Waals surface area contributed by atoms with E-state index >= 15 is 0 Å². The van der Waals surface area contributed by atoms with Crippen LogP contribution in [-0.4, -0.2) is 190 Å². The molecular weight excluding hydrogens is 1420 g/mol. The van der Waals surface area contributed by atoms with Gasteiger partial charge in [0.1, 0.15) is 82.0 Å². The molecule has 3 saturated heterocycles. The van der Waals surface area contributed by atoms with Crippen LogP contribution in [0.5, 0.6) is 17.2 Å². The van der Waals surface area contributed by atoms with Gasteiger partial charge in [0.2, 0.25) is 22.0 Å². The Bertz CT molecular complexity index is 4360. The van der Waals surface area contributed by atoms with Crippen molar-refractivity contribution in [1.29, 1.82) is 0 Å². The molecule has 15 atom stereocenters. The fourth-order valence-corrected chi connectivity index (χ4v) is 14.2. The number of piperidine rings is 3. The lowest BCUT2D eigenvalue weighted by Gasteiger charge is -2.42. The Morgan fingerprint density at radius 1 is 0.587 bits per heavy atom. The van der Waals surface area contributed by atoms with E-state index in [1.165, 1.54) is 21.5 Å². The molecule has 5 aliphatic heterocycles. The second-order valence-electron chi connectivity index (χ2n) is 25.7. The number of aromatic carboxylic acids is 1. The molecule has 566 valence electrons. The zero-order valence-electron chi connectivity index (χ0n) is 55.2. The van der Waals surface area contributed by atoms with Gasteiger partial charge in [-0.05, 0) is 40.0 Å². The first-order valence-electron chi connectivity index (χ1n) is 31.3. The number of nitrogens with two attached hydrogens (primary N) is 2. The molecule has 5 aromatic rings. The number of rotatable bonds is 10. The number of aromatic hydroxyl groups is 1. The molecule has 0 spiro atoms. The maximum Gasteiger partial charge on any atom is 0.410 e. The number of likely N-dealkylation sites (tertiary alicyclic amines) is 1. The number of carboxylic acid groups (broad SMARTS) is 1. The summed E-state index contributed by atoms with van der Waals surface area (Å²) >= 11 is 0. The van der Waals surface area contributed by atoms with E-state index in [0.717, 1.165) is 49.5 Å². The van der Waals surface area contributed by atoms with Crippen LogP contribution >= 0.6 is 0 Å². The zero-order valence-corrected chi connectivity index (χ0v) is 55.2. The Hall–Kier alpha value is -10.1. The molecule has 104 heavy (non-hydrogen) atoms. The average molecular weight is 1490 g/mol. The molecule has 8 heterocycles. The SMILES string of the molecule is C.CC(C)(C)OC(=O)N1[C@@H]2C[C@@H](C(F)C2F)[C@@H]1CN.COC(=O)c1occ(C(=O)OC)c(=O)c1OC.COc1c2n(cc(C(=O)O)c1=O)C[C@H]1[C@H]3C[C@H](C(F)C3F)N1C2=O.NCc1c(F)cc(F)cc1F.O=C(NCc1c(F)cc(F)cc1F)c1cn2c(c(O)c1=O)C(=O)N1[C@@H]3C[C@@H](C(F)C3F)[C@@H]1C2. The number of benzene rings is 2. The minimum atomic E-state index is -1.85. The van der Waals surface area contributed by atoms with Crippen LogP contribution < -0.4 is 42.5 Å². The molecule has 6 fully saturated rings. The smallest absolute Gasteiger partial charge is 0.410 e. The summed E-state index contributed by atoms with van der Waals surface area (Å²) < 4.78 is 193. The second-order valence-corrected chi connectivity index (χ2v) is 25.7. The van der Waals surface area contributed by atoms with Crippen LogP contribution in [0.2, 0.25) is 0 Å². The monoisotopic (exact) mass is 1490 g/mol. The standard InChI is InChI=1S/C21H16F5N3O4.C15H14F2N2O5.C12H20F2N2O2.C10H10O7.C7H6F3N.CH4/c22-7-1-11(23)9(12(24)2-7)4-27-20(32)10-5-28-6-14-8-3-13(16(26)15(8)25)29(14)21(33)17(28)19(31)18(10)30;1-24-13-11-14(21)19-7-2-5(9(16)10(7)17)8(19)4-18(11)3-6(12(13)20)15(22)23;1-12(2,3)18-11(17)16-7-4-6(8(16)5-15)9(13)10(7)14;1-14-7-6(11)5(9(12)15-2)4-17-8(7)10(13)16-3;8-4-1-6(9)5(3-11)7(10)2-4;/h1-2,5,8,13-16,31H,3-4,6H2,(H,27,32);3,5,7-10H,2,4H2,1H3,(H,22,23);6-10H,4-5,15H2,1-3H3;4H,1-3H3;1-2H,3,11H2;1H4/t8-,13-,14+,15?,16?;5-,7-,8+,9?,10?;6-,7-,8+,9?,10?;;;/m111.../s1. The number of esters is 2. The first-order valence-corrected chi connectivity index (χ1v) is 31.3. The molecule has 3 aliphatic carbocycles. The third-order valence-electron chi connectivity index (χ3n) is 18.8. The van der Waals surface area contributed by atoms with E-state index in [4.69, 9.17) is 35.2 Å². The van der Waals surface area contributed by atoms with Crippen molar-refractivity contribution < 1.29 is 125 Å². The Kier molecular flexibility index (Phi) is 23.8.